The first-order valence-corrected chi connectivity index (χ1v) is 11.3. The van der Waals surface area contributed by atoms with Crippen molar-refractivity contribution in [2.24, 2.45) is 0 Å². The first kappa shape index (κ1) is 20.0. The van der Waals surface area contributed by atoms with Gasteiger partial charge in [-0.25, -0.2) is 0 Å². The summed E-state index contributed by atoms with van der Waals surface area (Å²) in [6, 6.07) is 19.6. The highest BCUT2D eigenvalue weighted by molar-refractivity contribution is 5.82. The van der Waals surface area contributed by atoms with Crippen molar-refractivity contribution in [3.05, 3.63) is 79.0 Å². The molecule has 0 bridgehead atoms. The maximum atomic E-state index is 3.90. The van der Waals surface area contributed by atoms with E-state index < -0.39 is 0 Å². The Labute approximate surface area is 183 Å². The summed E-state index contributed by atoms with van der Waals surface area (Å²) in [5.41, 5.74) is 3.83. The van der Waals surface area contributed by atoms with Gasteiger partial charge in [-0.2, -0.15) is 0 Å². The zero-order valence-corrected chi connectivity index (χ0v) is 18.0. The Kier molecular flexibility index (Phi) is 6.09. The predicted octanol–water partition coefficient (Wildman–Crippen LogP) is 3.47. The van der Waals surface area contributed by atoms with Gasteiger partial charge in [-0.15, -0.1) is 10.2 Å². The summed E-state index contributed by atoms with van der Waals surface area (Å²) < 4.78 is 4.32. The van der Waals surface area contributed by atoms with Crippen LogP contribution in [0.15, 0.2) is 73.4 Å². The summed E-state index contributed by atoms with van der Waals surface area (Å²) >= 11 is 0. The molecule has 0 radical (unpaired) electrons. The molecule has 0 spiro atoms. The fourth-order valence-electron chi connectivity index (χ4n) is 4.51. The molecule has 0 aliphatic carbocycles. The molecule has 2 aromatic heterocycles. The third-order valence-electron chi connectivity index (χ3n) is 6.37. The SMILES string of the molecule is c1ccc(CCN2CCN(CCCn3ccc4cc(-n5cnnc5)ccc43)CC2)cc1. The van der Waals surface area contributed by atoms with E-state index in [4.69, 9.17) is 0 Å². The third-order valence-corrected chi connectivity index (χ3v) is 6.37. The second-order valence-electron chi connectivity index (χ2n) is 8.39. The Balaban J connectivity index is 1.07. The number of rotatable bonds is 8. The lowest BCUT2D eigenvalue weighted by molar-refractivity contribution is 0.131. The van der Waals surface area contributed by atoms with E-state index in [1.807, 2.05) is 4.57 Å². The van der Waals surface area contributed by atoms with Gasteiger partial charge in [0.1, 0.15) is 12.7 Å². The zero-order chi connectivity index (χ0) is 20.9. The van der Waals surface area contributed by atoms with Gasteiger partial charge in [0.2, 0.25) is 0 Å². The van der Waals surface area contributed by atoms with Crippen LogP contribution < -0.4 is 0 Å². The van der Waals surface area contributed by atoms with Crippen LogP contribution in [0.3, 0.4) is 0 Å². The topological polar surface area (TPSA) is 42.1 Å². The number of nitrogens with zero attached hydrogens (tertiary/aromatic N) is 6. The molecule has 6 heteroatoms. The molecule has 0 unspecified atom stereocenters. The van der Waals surface area contributed by atoms with E-state index in [9.17, 15) is 0 Å². The van der Waals surface area contributed by atoms with Gasteiger partial charge in [-0.3, -0.25) is 4.57 Å². The van der Waals surface area contributed by atoms with Crippen LogP contribution in [0, 0.1) is 0 Å². The van der Waals surface area contributed by atoms with Crippen molar-refractivity contribution in [3.63, 3.8) is 0 Å². The second-order valence-corrected chi connectivity index (χ2v) is 8.39. The number of benzene rings is 2. The minimum atomic E-state index is 1.06. The molecule has 2 aromatic carbocycles. The Morgan fingerprint density at radius 1 is 0.742 bits per heavy atom. The zero-order valence-electron chi connectivity index (χ0n) is 18.0. The van der Waals surface area contributed by atoms with E-state index in [1.54, 1.807) is 12.7 Å². The molecule has 1 fully saturated rings. The fraction of sp³-hybridized carbons (Fsp3) is 0.360. The average molecular weight is 415 g/mol. The maximum Gasteiger partial charge on any atom is 0.123 e. The highest BCUT2D eigenvalue weighted by atomic mass is 15.3. The van der Waals surface area contributed by atoms with Crippen molar-refractivity contribution in [1.29, 1.82) is 0 Å². The smallest absolute Gasteiger partial charge is 0.123 e. The van der Waals surface area contributed by atoms with Crippen molar-refractivity contribution in [2.45, 2.75) is 19.4 Å². The second kappa shape index (κ2) is 9.45. The van der Waals surface area contributed by atoms with Crippen molar-refractivity contribution in [1.82, 2.24) is 29.1 Å². The van der Waals surface area contributed by atoms with Crippen LogP contribution in [-0.4, -0.2) is 68.4 Å². The molecular formula is C25H30N6. The average Bonchev–Trinajstić information content (AvgIpc) is 3.49. The lowest BCUT2D eigenvalue weighted by Gasteiger charge is -2.34. The Hall–Kier alpha value is -2.96. The number of aryl methyl sites for hydroxylation is 1. The number of fused-ring (bicyclic) bond motifs is 1. The molecule has 0 saturated carbocycles. The van der Waals surface area contributed by atoms with Gasteiger partial charge in [0, 0.05) is 62.1 Å². The molecule has 1 aliphatic heterocycles. The normalized spacial score (nSPS) is 15.6. The van der Waals surface area contributed by atoms with Crippen molar-refractivity contribution in [2.75, 3.05) is 39.3 Å². The predicted molar refractivity (Wildman–Crippen MR) is 124 cm³/mol. The molecule has 6 nitrogen and oxygen atoms in total. The standard InChI is InChI=1S/C25H30N6/c1-2-5-22(6-3-1)9-13-29-17-15-28(16-18-29)11-4-12-30-14-10-23-19-24(7-8-25(23)30)31-20-26-27-21-31/h1-3,5-8,10,14,19-21H,4,9,11-13,15-18H2. The molecule has 5 rings (SSSR count). The number of hydrogen-bond donors (Lipinski definition) is 0. The van der Waals surface area contributed by atoms with Crippen molar-refractivity contribution >= 4 is 10.9 Å². The van der Waals surface area contributed by atoms with Gasteiger partial charge in [0.15, 0.2) is 0 Å². The molecular weight excluding hydrogens is 384 g/mol. The molecule has 160 valence electrons. The molecule has 3 heterocycles. The summed E-state index contributed by atoms with van der Waals surface area (Å²) in [5, 5.41) is 9.06. The van der Waals surface area contributed by atoms with Crippen LogP contribution in [0.5, 0.6) is 0 Å². The minimum Gasteiger partial charge on any atom is -0.347 e. The summed E-state index contributed by atoms with van der Waals surface area (Å²) in [6.45, 7) is 8.14. The largest absolute Gasteiger partial charge is 0.347 e. The molecule has 0 atom stereocenters. The summed E-state index contributed by atoms with van der Waals surface area (Å²) in [7, 11) is 0. The highest BCUT2D eigenvalue weighted by Crippen LogP contribution is 2.20. The van der Waals surface area contributed by atoms with E-state index >= 15 is 0 Å². The minimum absolute atomic E-state index is 1.06. The van der Waals surface area contributed by atoms with E-state index in [-0.39, 0.29) is 0 Å². The first-order valence-electron chi connectivity index (χ1n) is 11.3. The van der Waals surface area contributed by atoms with Gasteiger partial charge >= 0.3 is 0 Å². The van der Waals surface area contributed by atoms with Crippen LogP contribution >= 0.6 is 0 Å². The fourth-order valence-corrected chi connectivity index (χ4v) is 4.51. The van der Waals surface area contributed by atoms with Crippen LogP contribution in [0.25, 0.3) is 16.6 Å². The van der Waals surface area contributed by atoms with E-state index in [2.05, 4.69) is 85.4 Å². The van der Waals surface area contributed by atoms with E-state index in [1.165, 1.54) is 62.2 Å². The van der Waals surface area contributed by atoms with Gasteiger partial charge in [0.25, 0.3) is 0 Å². The van der Waals surface area contributed by atoms with Crippen LogP contribution in [0.4, 0.5) is 0 Å². The van der Waals surface area contributed by atoms with Crippen LogP contribution in [0.2, 0.25) is 0 Å². The van der Waals surface area contributed by atoms with Gasteiger partial charge < -0.3 is 14.4 Å². The molecule has 0 N–H and O–H groups in total. The maximum absolute atomic E-state index is 3.90. The Morgan fingerprint density at radius 3 is 2.26 bits per heavy atom. The van der Waals surface area contributed by atoms with E-state index in [0.29, 0.717) is 0 Å². The summed E-state index contributed by atoms with van der Waals surface area (Å²) in [4.78, 5) is 5.23. The molecule has 0 amide bonds. The van der Waals surface area contributed by atoms with Crippen molar-refractivity contribution < 1.29 is 0 Å². The molecule has 1 aliphatic rings. The lowest BCUT2D eigenvalue weighted by Crippen LogP contribution is -2.47. The monoisotopic (exact) mass is 414 g/mol. The van der Waals surface area contributed by atoms with Gasteiger partial charge in [0.05, 0.1) is 0 Å². The van der Waals surface area contributed by atoms with Gasteiger partial charge in [-0.1, -0.05) is 30.3 Å². The number of hydrogen-bond acceptors (Lipinski definition) is 4. The van der Waals surface area contributed by atoms with E-state index in [0.717, 1.165) is 18.7 Å². The first-order chi connectivity index (χ1) is 15.3. The quantitative estimate of drug-likeness (QED) is 0.443. The molecule has 31 heavy (non-hydrogen) atoms. The van der Waals surface area contributed by atoms with Crippen LogP contribution in [0.1, 0.15) is 12.0 Å². The number of aromatic nitrogens is 4. The lowest BCUT2D eigenvalue weighted by atomic mass is 10.1. The molecule has 4 aromatic rings. The summed E-state index contributed by atoms with van der Waals surface area (Å²) in [5.74, 6) is 0. The molecule has 1 saturated heterocycles. The Bertz CT molecular complexity index is 1080. The van der Waals surface area contributed by atoms with Crippen molar-refractivity contribution in [3.8, 4) is 5.69 Å². The Morgan fingerprint density at radius 2 is 1.48 bits per heavy atom. The number of piperazine rings is 1. The third kappa shape index (κ3) is 4.86. The van der Waals surface area contributed by atoms with Crippen LogP contribution in [-0.2, 0) is 13.0 Å². The summed E-state index contributed by atoms with van der Waals surface area (Å²) in [6.07, 6.45) is 8.02. The highest BCUT2D eigenvalue weighted by Gasteiger charge is 2.16. The van der Waals surface area contributed by atoms with Gasteiger partial charge in [-0.05, 0) is 49.2 Å².